The van der Waals surface area contributed by atoms with Gasteiger partial charge in [-0.15, -0.1) is 10.2 Å². The largest absolute Gasteiger partial charge is 0.494 e. The average molecular weight is 357 g/mol. The minimum atomic E-state index is 0.600. The normalized spacial score (nSPS) is 10.7. The van der Waals surface area contributed by atoms with Crippen LogP contribution in [0, 0.1) is 0 Å². The standard InChI is InChI=1S/C22H32N2O2/c1-3-5-6-7-8-9-10-11-18-26-22-17-16-21(23-24-22)19-12-14-20(15-13-19)25-4-2/h12-17H,3-11,18H2,1-2H3. The molecular weight excluding hydrogens is 324 g/mol. The molecule has 0 aliphatic carbocycles. The van der Waals surface area contributed by atoms with E-state index in [-0.39, 0.29) is 0 Å². The van der Waals surface area contributed by atoms with E-state index in [4.69, 9.17) is 9.47 Å². The summed E-state index contributed by atoms with van der Waals surface area (Å²) in [4.78, 5) is 0. The molecule has 4 heteroatoms. The smallest absolute Gasteiger partial charge is 0.233 e. The van der Waals surface area contributed by atoms with Crippen molar-refractivity contribution in [3.05, 3.63) is 36.4 Å². The van der Waals surface area contributed by atoms with Crippen molar-refractivity contribution in [3.63, 3.8) is 0 Å². The zero-order chi connectivity index (χ0) is 18.5. The minimum Gasteiger partial charge on any atom is -0.494 e. The summed E-state index contributed by atoms with van der Waals surface area (Å²) in [7, 11) is 0. The Morgan fingerprint density at radius 1 is 0.692 bits per heavy atom. The third kappa shape index (κ3) is 7.42. The van der Waals surface area contributed by atoms with Gasteiger partial charge >= 0.3 is 0 Å². The van der Waals surface area contributed by atoms with Crippen molar-refractivity contribution in [1.29, 1.82) is 0 Å². The second-order valence-corrected chi connectivity index (χ2v) is 6.54. The van der Waals surface area contributed by atoms with E-state index in [1.807, 2.05) is 43.3 Å². The zero-order valence-electron chi connectivity index (χ0n) is 16.2. The van der Waals surface area contributed by atoms with Crippen LogP contribution in [0.5, 0.6) is 11.6 Å². The van der Waals surface area contributed by atoms with Crippen molar-refractivity contribution >= 4 is 0 Å². The predicted molar refractivity (Wildman–Crippen MR) is 107 cm³/mol. The van der Waals surface area contributed by atoms with Crippen LogP contribution in [-0.2, 0) is 0 Å². The van der Waals surface area contributed by atoms with E-state index in [1.165, 1.54) is 44.9 Å². The number of hydrogen-bond donors (Lipinski definition) is 0. The summed E-state index contributed by atoms with van der Waals surface area (Å²) in [6.07, 6.45) is 10.4. The summed E-state index contributed by atoms with van der Waals surface area (Å²) in [6, 6.07) is 11.7. The van der Waals surface area contributed by atoms with Gasteiger partial charge in [0.1, 0.15) is 5.75 Å². The van der Waals surface area contributed by atoms with Crippen LogP contribution in [-0.4, -0.2) is 23.4 Å². The Morgan fingerprint density at radius 3 is 2.00 bits per heavy atom. The van der Waals surface area contributed by atoms with Crippen molar-refractivity contribution in [1.82, 2.24) is 10.2 Å². The lowest BCUT2D eigenvalue weighted by Crippen LogP contribution is -2.00. The van der Waals surface area contributed by atoms with E-state index >= 15 is 0 Å². The summed E-state index contributed by atoms with van der Waals surface area (Å²) >= 11 is 0. The molecule has 0 radical (unpaired) electrons. The quantitative estimate of drug-likeness (QED) is 0.409. The van der Waals surface area contributed by atoms with Crippen molar-refractivity contribution in [2.45, 2.75) is 65.2 Å². The SMILES string of the molecule is CCCCCCCCCCOc1ccc(-c2ccc(OCC)cc2)nn1. The van der Waals surface area contributed by atoms with Gasteiger partial charge in [0.2, 0.25) is 5.88 Å². The van der Waals surface area contributed by atoms with Gasteiger partial charge in [-0.3, -0.25) is 0 Å². The summed E-state index contributed by atoms with van der Waals surface area (Å²) in [5.41, 5.74) is 1.86. The number of benzene rings is 1. The van der Waals surface area contributed by atoms with Gasteiger partial charge in [0.25, 0.3) is 0 Å². The molecule has 142 valence electrons. The molecular formula is C22H32N2O2. The van der Waals surface area contributed by atoms with Crippen LogP contribution >= 0.6 is 0 Å². The van der Waals surface area contributed by atoms with Crippen LogP contribution in [0.15, 0.2) is 36.4 Å². The number of rotatable bonds is 13. The Hall–Kier alpha value is -2.10. The molecule has 1 heterocycles. The van der Waals surface area contributed by atoms with Crippen LogP contribution in [0.4, 0.5) is 0 Å². The summed E-state index contributed by atoms with van der Waals surface area (Å²) in [5, 5.41) is 8.44. The number of hydrogen-bond acceptors (Lipinski definition) is 4. The van der Waals surface area contributed by atoms with Gasteiger partial charge in [-0.2, -0.15) is 0 Å². The number of ether oxygens (including phenoxy) is 2. The van der Waals surface area contributed by atoms with Crippen molar-refractivity contribution in [2.24, 2.45) is 0 Å². The van der Waals surface area contributed by atoms with Crippen molar-refractivity contribution in [2.75, 3.05) is 13.2 Å². The highest BCUT2D eigenvalue weighted by molar-refractivity contribution is 5.59. The van der Waals surface area contributed by atoms with E-state index in [9.17, 15) is 0 Å². The Balaban J connectivity index is 1.66. The molecule has 0 N–H and O–H groups in total. The van der Waals surface area contributed by atoms with Gasteiger partial charge < -0.3 is 9.47 Å². The molecule has 0 atom stereocenters. The van der Waals surface area contributed by atoms with Crippen LogP contribution in [0.3, 0.4) is 0 Å². The van der Waals surface area contributed by atoms with Gasteiger partial charge in [-0.25, -0.2) is 0 Å². The van der Waals surface area contributed by atoms with Crippen LogP contribution in [0.2, 0.25) is 0 Å². The molecule has 4 nitrogen and oxygen atoms in total. The molecule has 2 rings (SSSR count). The molecule has 0 spiro atoms. The highest BCUT2D eigenvalue weighted by Crippen LogP contribution is 2.21. The molecule has 0 saturated carbocycles. The molecule has 0 amide bonds. The second-order valence-electron chi connectivity index (χ2n) is 6.54. The Kier molecular flexibility index (Phi) is 9.55. The zero-order valence-corrected chi connectivity index (χ0v) is 16.2. The minimum absolute atomic E-state index is 0.600. The average Bonchev–Trinajstić information content (AvgIpc) is 2.68. The molecule has 0 saturated heterocycles. The third-order valence-corrected chi connectivity index (χ3v) is 4.35. The summed E-state index contributed by atoms with van der Waals surface area (Å²) in [6.45, 7) is 5.62. The first kappa shape index (κ1) is 20.2. The molecule has 0 fully saturated rings. The maximum atomic E-state index is 5.70. The van der Waals surface area contributed by atoms with Crippen LogP contribution < -0.4 is 9.47 Å². The maximum Gasteiger partial charge on any atom is 0.233 e. The van der Waals surface area contributed by atoms with Gasteiger partial charge in [0, 0.05) is 11.6 Å². The van der Waals surface area contributed by atoms with E-state index in [2.05, 4.69) is 17.1 Å². The molecule has 0 bridgehead atoms. The van der Waals surface area contributed by atoms with Crippen molar-refractivity contribution < 1.29 is 9.47 Å². The fourth-order valence-corrected chi connectivity index (χ4v) is 2.85. The first-order valence-corrected chi connectivity index (χ1v) is 10.0. The van der Waals surface area contributed by atoms with Gasteiger partial charge in [0.05, 0.1) is 18.9 Å². The molecule has 2 aromatic rings. The van der Waals surface area contributed by atoms with Crippen LogP contribution in [0.25, 0.3) is 11.3 Å². The molecule has 0 aliphatic heterocycles. The Bertz CT molecular complexity index is 597. The maximum absolute atomic E-state index is 5.70. The lowest BCUT2D eigenvalue weighted by atomic mass is 10.1. The van der Waals surface area contributed by atoms with Gasteiger partial charge in [-0.05, 0) is 43.7 Å². The lowest BCUT2D eigenvalue weighted by Gasteiger charge is -2.06. The van der Waals surface area contributed by atoms with Gasteiger partial charge in [0.15, 0.2) is 0 Å². The third-order valence-electron chi connectivity index (χ3n) is 4.35. The summed E-state index contributed by atoms with van der Waals surface area (Å²) in [5.74, 6) is 1.47. The molecule has 0 aliphatic rings. The molecule has 1 aromatic heterocycles. The Morgan fingerprint density at radius 2 is 1.38 bits per heavy atom. The highest BCUT2D eigenvalue weighted by Gasteiger charge is 2.03. The molecule has 26 heavy (non-hydrogen) atoms. The van der Waals surface area contributed by atoms with Crippen LogP contribution in [0.1, 0.15) is 65.2 Å². The fraction of sp³-hybridized carbons (Fsp3) is 0.545. The van der Waals surface area contributed by atoms with E-state index < -0.39 is 0 Å². The first-order valence-electron chi connectivity index (χ1n) is 10.0. The first-order chi connectivity index (χ1) is 12.8. The van der Waals surface area contributed by atoms with Crippen molar-refractivity contribution in [3.8, 4) is 22.9 Å². The van der Waals surface area contributed by atoms with Gasteiger partial charge in [-0.1, -0.05) is 51.9 Å². The summed E-state index contributed by atoms with van der Waals surface area (Å²) < 4.78 is 11.2. The topological polar surface area (TPSA) is 44.2 Å². The number of unbranched alkanes of at least 4 members (excludes halogenated alkanes) is 7. The van der Waals surface area contributed by atoms with E-state index in [1.54, 1.807) is 0 Å². The Labute approximate surface area is 158 Å². The monoisotopic (exact) mass is 356 g/mol. The molecule has 1 aromatic carbocycles. The predicted octanol–water partition coefficient (Wildman–Crippen LogP) is 6.06. The number of aromatic nitrogens is 2. The van der Waals surface area contributed by atoms with E-state index in [0.29, 0.717) is 19.1 Å². The lowest BCUT2D eigenvalue weighted by molar-refractivity contribution is 0.290. The van der Waals surface area contributed by atoms with E-state index in [0.717, 1.165) is 23.4 Å². The fourth-order valence-electron chi connectivity index (χ4n) is 2.85. The highest BCUT2D eigenvalue weighted by atomic mass is 16.5. The second kappa shape index (κ2) is 12.3. The number of nitrogens with zero attached hydrogens (tertiary/aromatic N) is 2. The molecule has 0 unspecified atom stereocenters.